The lowest BCUT2D eigenvalue weighted by molar-refractivity contribution is 0.823. The van der Waals surface area contributed by atoms with E-state index in [1.54, 1.807) is 0 Å². The van der Waals surface area contributed by atoms with Crippen molar-refractivity contribution >= 4 is 7.85 Å². The van der Waals surface area contributed by atoms with E-state index in [4.69, 9.17) is 0 Å². The summed E-state index contributed by atoms with van der Waals surface area (Å²) < 4.78 is 0. The number of nitrogens with zero attached hydrogens (tertiary/aromatic N) is 1. The number of hydrogen-bond acceptors (Lipinski definition) is 1. The molecule has 0 aliphatic rings. The van der Waals surface area contributed by atoms with Crippen molar-refractivity contribution in [2.24, 2.45) is 0 Å². The number of rotatable bonds is 4. The van der Waals surface area contributed by atoms with Crippen LogP contribution in [-0.4, -0.2) is 12.8 Å². The molecule has 1 nitrogen and oxygen atoms in total. The molecule has 0 N–H and O–H groups in total. The SMILES string of the molecule is BC(c1ccccc1)(c1ccc(C(C)C)cc1)c1ccccn1. The molecule has 0 saturated carbocycles. The van der Waals surface area contributed by atoms with E-state index in [2.05, 4.69) is 93.4 Å². The van der Waals surface area contributed by atoms with Crippen LogP contribution in [0.2, 0.25) is 0 Å². The minimum Gasteiger partial charge on any atom is -0.261 e. The van der Waals surface area contributed by atoms with E-state index in [1.165, 1.54) is 16.7 Å². The van der Waals surface area contributed by atoms with Gasteiger partial charge in [0.2, 0.25) is 0 Å². The highest BCUT2D eigenvalue weighted by atomic mass is 14.7. The number of hydrogen-bond donors (Lipinski definition) is 0. The van der Waals surface area contributed by atoms with Crippen LogP contribution in [0, 0.1) is 0 Å². The fraction of sp³-hybridized carbons (Fsp3) is 0.190. The maximum Gasteiger partial charge on any atom is 0.128 e. The Balaban J connectivity index is 2.16. The summed E-state index contributed by atoms with van der Waals surface area (Å²) in [5.74, 6) is 0.543. The Bertz CT molecular complexity index is 709. The molecule has 0 bridgehead atoms. The van der Waals surface area contributed by atoms with E-state index in [0.29, 0.717) is 5.92 Å². The Morgan fingerprint density at radius 1 is 0.783 bits per heavy atom. The van der Waals surface area contributed by atoms with Crippen molar-refractivity contribution in [3.05, 3.63) is 101 Å². The molecule has 0 aliphatic carbocycles. The number of pyridine rings is 1. The van der Waals surface area contributed by atoms with E-state index in [0.717, 1.165) is 5.69 Å². The van der Waals surface area contributed by atoms with E-state index in [9.17, 15) is 0 Å². The summed E-state index contributed by atoms with van der Waals surface area (Å²) in [6, 6.07) is 25.7. The van der Waals surface area contributed by atoms with Gasteiger partial charge in [0.15, 0.2) is 0 Å². The van der Waals surface area contributed by atoms with Crippen molar-refractivity contribution in [3.63, 3.8) is 0 Å². The van der Waals surface area contributed by atoms with Crippen LogP contribution >= 0.6 is 0 Å². The first-order valence-electron chi connectivity index (χ1n) is 8.20. The van der Waals surface area contributed by atoms with Gasteiger partial charge in [-0.25, -0.2) is 0 Å². The molecule has 0 aliphatic heterocycles. The van der Waals surface area contributed by atoms with E-state index in [-0.39, 0.29) is 5.31 Å². The molecule has 0 amide bonds. The van der Waals surface area contributed by atoms with Gasteiger partial charge in [0, 0.05) is 17.2 Å². The quantitative estimate of drug-likeness (QED) is 0.660. The third-order valence-corrected chi connectivity index (χ3v) is 4.68. The second-order valence-electron chi connectivity index (χ2n) is 6.48. The number of benzene rings is 2. The zero-order valence-electron chi connectivity index (χ0n) is 14.0. The third kappa shape index (κ3) is 2.94. The lowest BCUT2D eigenvalue weighted by Gasteiger charge is -2.31. The predicted octanol–water partition coefficient (Wildman–Crippen LogP) is 4.13. The van der Waals surface area contributed by atoms with Crippen molar-refractivity contribution in [2.45, 2.75) is 25.1 Å². The van der Waals surface area contributed by atoms with Crippen LogP contribution < -0.4 is 0 Å². The molecule has 0 fully saturated rings. The first kappa shape index (κ1) is 15.5. The van der Waals surface area contributed by atoms with Gasteiger partial charge in [0.25, 0.3) is 0 Å². The van der Waals surface area contributed by atoms with Gasteiger partial charge in [0.1, 0.15) is 7.85 Å². The minimum absolute atomic E-state index is 0.252. The maximum absolute atomic E-state index is 4.66. The highest BCUT2D eigenvalue weighted by Gasteiger charge is 2.32. The summed E-state index contributed by atoms with van der Waals surface area (Å²) in [6.07, 6.45) is 1.87. The van der Waals surface area contributed by atoms with Crippen LogP contribution in [-0.2, 0) is 5.31 Å². The van der Waals surface area contributed by atoms with E-state index >= 15 is 0 Å². The predicted molar refractivity (Wildman–Crippen MR) is 99.6 cm³/mol. The second-order valence-corrected chi connectivity index (χ2v) is 6.48. The largest absolute Gasteiger partial charge is 0.261 e. The fourth-order valence-corrected chi connectivity index (χ4v) is 3.09. The van der Waals surface area contributed by atoms with Gasteiger partial charge in [-0.15, -0.1) is 0 Å². The van der Waals surface area contributed by atoms with Crippen molar-refractivity contribution in [2.75, 3.05) is 0 Å². The highest BCUT2D eigenvalue weighted by Crippen LogP contribution is 2.35. The summed E-state index contributed by atoms with van der Waals surface area (Å²) >= 11 is 0. The molecule has 3 aromatic rings. The Hall–Kier alpha value is -2.35. The molecule has 114 valence electrons. The van der Waals surface area contributed by atoms with Gasteiger partial charge in [-0.3, -0.25) is 4.98 Å². The van der Waals surface area contributed by atoms with Crippen molar-refractivity contribution in [3.8, 4) is 0 Å². The van der Waals surface area contributed by atoms with Crippen molar-refractivity contribution in [1.29, 1.82) is 0 Å². The summed E-state index contributed by atoms with van der Waals surface area (Å²) in [6.45, 7) is 4.45. The summed E-state index contributed by atoms with van der Waals surface area (Å²) in [7, 11) is 2.26. The van der Waals surface area contributed by atoms with Crippen LogP contribution in [0.5, 0.6) is 0 Å². The molecular weight excluding hydrogens is 277 g/mol. The Morgan fingerprint density at radius 2 is 1.39 bits per heavy atom. The van der Waals surface area contributed by atoms with Gasteiger partial charge >= 0.3 is 0 Å². The van der Waals surface area contributed by atoms with Gasteiger partial charge in [-0.2, -0.15) is 0 Å². The molecule has 3 rings (SSSR count). The maximum atomic E-state index is 4.66. The van der Waals surface area contributed by atoms with Crippen molar-refractivity contribution < 1.29 is 0 Å². The van der Waals surface area contributed by atoms with E-state index < -0.39 is 0 Å². The van der Waals surface area contributed by atoms with Crippen LogP contribution in [0.4, 0.5) is 0 Å². The molecule has 0 spiro atoms. The lowest BCUT2D eigenvalue weighted by atomic mass is 9.58. The zero-order valence-corrected chi connectivity index (χ0v) is 14.0. The molecular formula is C21H22BN. The monoisotopic (exact) mass is 299 g/mol. The normalized spacial score (nSPS) is 13.7. The minimum atomic E-state index is -0.252. The van der Waals surface area contributed by atoms with E-state index in [1.807, 2.05) is 12.3 Å². The van der Waals surface area contributed by atoms with Crippen LogP contribution in [0.3, 0.4) is 0 Å². The molecule has 1 unspecified atom stereocenters. The van der Waals surface area contributed by atoms with Gasteiger partial charge in [-0.05, 0) is 34.7 Å². The highest BCUT2D eigenvalue weighted by molar-refractivity contribution is 6.20. The standard InChI is InChI=1S/C21H22BN/c1-16(2)17-11-13-19(14-12-17)21(22,18-8-4-3-5-9-18)20-10-6-7-15-23-20/h3-16H,22H2,1-2H3. The van der Waals surface area contributed by atoms with Crippen LogP contribution in [0.25, 0.3) is 0 Å². The van der Waals surface area contributed by atoms with Crippen molar-refractivity contribution in [1.82, 2.24) is 4.98 Å². The van der Waals surface area contributed by atoms with Gasteiger partial charge in [-0.1, -0.05) is 74.5 Å². The lowest BCUT2D eigenvalue weighted by Crippen LogP contribution is -2.30. The van der Waals surface area contributed by atoms with Crippen LogP contribution in [0.15, 0.2) is 79.0 Å². The molecule has 1 heterocycles. The Morgan fingerprint density at radius 3 is 1.96 bits per heavy atom. The third-order valence-electron chi connectivity index (χ3n) is 4.68. The average Bonchev–Trinajstić information content (AvgIpc) is 2.62. The molecule has 2 heteroatoms. The Kier molecular flexibility index (Phi) is 4.34. The van der Waals surface area contributed by atoms with Gasteiger partial charge in [0.05, 0.1) is 0 Å². The molecule has 0 radical (unpaired) electrons. The molecule has 2 aromatic carbocycles. The molecule has 1 aromatic heterocycles. The molecule has 1 atom stereocenters. The molecule has 0 saturated heterocycles. The summed E-state index contributed by atoms with van der Waals surface area (Å²) in [5, 5.41) is -0.252. The fourth-order valence-electron chi connectivity index (χ4n) is 3.09. The summed E-state index contributed by atoms with van der Waals surface area (Å²) in [5.41, 5.74) is 4.97. The average molecular weight is 299 g/mol. The van der Waals surface area contributed by atoms with Crippen LogP contribution in [0.1, 0.15) is 42.1 Å². The molecule has 23 heavy (non-hydrogen) atoms. The Labute approximate surface area is 139 Å². The topological polar surface area (TPSA) is 12.9 Å². The zero-order chi connectivity index (χ0) is 16.3. The first-order chi connectivity index (χ1) is 11.1. The number of aromatic nitrogens is 1. The van der Waals surface area contributed by atoms with Gasteiger partial charge < -0.3 is 0 Å². The smallest absolute Gasteiger partial charge is 0.128 e. The second kappa shape index (κ2) is 6.41. The summed E-state index contributed by atoms with van der Waals surface area (Å²) in [4.78, 5) is 4.66. The first-order valence-corrected chi connectivity index (χ1v) is 8.20.